The molecule has 2 amide bonds. The number of carboxylic acids is 1. The van der Waals surface area contributed by atoms with Crippen molar-refractivity contribution in [3.63, 3.8) is 0 Å². The topological polar surface area (TPSA) is 69.6 Å². The first-order chi connectivity index (χ1) is 8.58. The molecule has 1 aliphatic rings. The van der Waals surface area contributed by atoms with Crippen LogP contribution in [-0.4, -0.2) is 30.2 Å². The quantitative estimate of drug-likeness (QED) is 0.876. The predicted octanol–water partition coefficient (Wildman–Crippen LogP) is 1.89. The van der Waals surface area contributed by atoms with Gasteiger partial charge >= 0.3 is 12.0 Å². The Bertz CT molecular complexity index is 490. The van der Waals surface area contributed by atoms with Gasteiger partial charge in [-0.1, -0.05) is 17.7 Å². The van der Waals surface area contributed by atoms with Crippen LogP contribution in [-0.2, 0) is 11.2 Å². The molecule has 0 aromatic heterocycles. The van der Waals surface area contributed by atoms with Crippen molar-refractivity contribution in [3.8, 4) is 0 Å². The van der Waals surface area contributed by atoms with Crippen LogP contribution in [0.4, 0.5) is 10.5 Å². The number of aliphatic carboxylic acids is 1. The fraction of sp³-hybridized carbons (Fsp3) is 0.333. The van der Waals surface area contributed by atoms with Crippen LogP contribution in [0.3, 0.4) is 0 Å². The van der Waals surface area contributed by atoms with E-state index in [0.717, 1.165) is 5.56 Å². The molecule has 2 rings (SSSR count). The first-order valence-corrected chi connectivity index (χ1v) is 6.01. The van der Waals surface area contributed by atoms with Crippen molar-refractivity contribution in [2.75, 3.05) is 18.0 Å². The van der Waals surface area contributed by atoms with Crippen molar-refractivity contribution in [2.45, 2.75) is 12.8 Å². The average Bonchev–Trinajstić information content (AvgIpc) is 2.74. The number of anilines is 1. The van der Waals surface area contributed by atoms with E-state index in [2.05, 4.69) is 5.32 Å². The number of nitrogens with zero attached hydrogens (tertiary/aromatic N) is 1. The van der Waals surface area contributed by atoms with Crippen LogP contribution in [0.2, 0.25) is 5.02 Å². The number of benzene rings is 1. The van der Waals surface area contributed by atoms with E-state index in [9.17, 15) is 9.59 Å². The standard InChI is InChI=1S/C12H13ClN2O3/c13-9-3-1-8(2-4-11(16)17)7-10(9)15-6-5-14-12(15)18/h1,3,7H,2,4-6H2,(H,14,18)(H,16,17). The molecule has 1 aromatic carbocycles. The molecule has 0 radical (unpaired) electrons. The van der Waals surface area contributed by atoms with Gasteiger partial charge in [0.25, 0.3) is 0 Å². The molecule has 0 unspecified atom stereocenters. The summed E-state index contributed by atoms with van der Waals surface area (Å²) in [5.41, 5.74) is 1.49. The van der Waals surface area contributed by atoms with Crippen LogP contribution in [0.25, 0.3) is 0 Å². The molecule has 1 aliphatic heterocycles. The number of carboxylic acid groups (broad SMARTS) is 1. The number of aryl methyl sites for hydroxylation is 1. The highest BCUT2D eigenvalue weighted by atomic mass is 35.5. The minimum absolute atomic E-state index is 0.0628. The van der Waals surface area contributed by atoms with Gasteiger partial charge < -0.3 is 10.4 Å². The lowest BCUT2D eigenvalue weighted by Gasteiger charge is -2.17. The lowest BCUT2D eigenvalue weighted by molar-refractivity contribution is -0.136. The lowest BCUT2D eigenvalue weighted by Crippen LogP contribution is -2.28. The second-order valence-electron chi connectivity index (χ2n) is 4.06. The molecule has 2 N–H and O–H groups in total. The van der Waals surface area contributed by atoms with E-state index < -0.39 is 5.97 Å². The Balaban J connectivity index is 2.21. The Morgan fingerprint density at radius 2 is 2.28 bits per heavy atom. The molecule has 18 heavy (non-hydrogen) atoms. The summed E-state index contributed by atoms with van der Waals surface area (Å²) in [5, 5.41) is 11.8. The molecule has 6 heteroatoms. The van der Waals surface area contributed by atoms with Crippen molar-refractivity contribution in [1.82, 2.24) is 5.32 Å². The maximum Gasteiger partial charge on any atom is 0.322 e. The van der Waals surface area contributed by atoms with Gasteiger partial charge in [0.05, 0.1) is 10.7 Å². The average molecular weight is 269 g/mol. The van der Waals surface area contributed by atoms with Crippen LogP contribution in [0.1, 0.15) is 12.0 Å². The lowest BCUT2D eigenvalue weighted by atomic mass is 10.1. The zero-order valence-corrected chi connectivity index (χ0v) is 10.4. The third-order valence-corrected chi connectivity index (χ3v) is 3.11. The number of hydrogen-bond donors (Lipinski definition) is 2. The summed E-state index contributed by atoms with van der Waals surface area (Å²) in [6.45, 7) is 1.16. The molecule has 0 atom stereocenters. The third-order valence-electron chi connectivity index (χ3n) is 2.79. The van der Waals surface area contributed by atoms with Gasteiger partial charge in [-0.2, -0.15) is 0 Å². The fourth-order valence-corrected chi connectivity index (χ4v) is 2.09. The molecule has 96 valence electrons. The molecule has 1 aromatic rings. The number of carbonyl (C=O) groups excluding carboxylic acids is 1. The highest BCUT2D eigenvalue weighted by molar-refractivity contribution is 6.33. The minimum Gasteiger partial charge on any atom is -0.481 e. The largest absolute Gasteiger partial charge is 0.481 e. The summed E-state index contributed by atoms with van der Waals surface area (Å²) in [5.74, 6) is -0.842. The number of amides is 2. The molecule has 0 spiro atoms. The third kappa shape index (κ3) is 2.73. The van der Waals surface area contributed by atoms with E-state index in [1.165, 1.54) is 0 Å². The molecule has 1 heterocycles. The van der Waals surface area contributed by atoms with Gasteiger partial charge in [0.2, 0.25) is 0 Å². The summed E-state index contributed by atoms with van der Waals surface area (Å²) in [6, 6.07) is 5.07. The zero-order chi connectivity index (χ0) is 13.1. The van der Waals surface area contributed by atoms with Crippen LogP contribution in [0, 0.1) is 0 Å². The molecule has 1 saturated heterocycles. The van der Waals surface area contributed by atoms with Gasteiger partial charge in [-0.3, -0.25) is 9.69 Å². The van der Waals surface area contributed by atoms with E-state index in [1.807, 2.05) is 0 Å². The number of urea groups is 1. The van der Waals surface area contributed by atoms with Gasteiger partial charge in [0.15, 0.2) is 0 Å². The second-order valence-corrected chi connectivity index (χ2v) is 4.47. The Labute approximate surface area is 109 Å². The number of nitrogens with one attached hydrogen (secondary N) is 1. The van der Waals surface area contributed by atoms with E-state index in [0.29, 0.717) is 30.2 Å². The summed E-state index contributed by atoms with van der Waals surface area (Å²) in [7, 11) is 0. The molecule has 0 saturated carbocycles. The van der Waals surface area contributed by atoms with E-state index in [-0.39, 0.29) is 12.5 Å². The Hall–Kier alpha value is -1.75. The Morgan fingerprint density at radius 3 is 2.89 bits per heavy atom. The van der Waals surface area contributed by atoms with E-state index >= 15 is 0 Å². The molecular formula is C12H13ClN2O3. The van der Waals surface area contributed by atoms with Gasteiger partial charge in [-0.25, -0.2) is 4.79 Å². The summed E-state index contributed by atoms with van der Waals surface area (Å²) in [4.78, 5) is 23.7. The maximum absolute atomic E-state index is 11.6. The zero-order valence-electron chi connectivity index (χ0n) is 9.65. The minimum atomic E-state index is -0.842. The second kappa shape index (κ2) is 5.27. The monoisotopic (exact) mass is 268 g/mol. The predicted molar refractivity (Wildman–Crippen MR) is 68.2 cm³/mol. The molecular weight excluding hydrogens is 256 g/mol. The Morgan fingerprint density at radius 1 is 1.50 bits per heavy atom. The van der Waals surface area contributed by atoms with Crippen LogP contribution in [0.15, 0.2) is 18.2 Å². The van der Waals surface area contributed by atoms with Crippen molar-refractivity contribution >= 4 is 29.3 Å². The SMILES string of the molecule is O=C(O)CCc1ccc(Cl)c(N2CCNC2=O)c1. The van der Waals surface area contributed by atoms with Gasteiger partial charge in [-0.05, 0) is 24.1 Å². The molecule has 0 bridgehead atoms. The smallest absolute Gasteiger partial charge is 0.322 e. The van der Waals surface area contributed by atoms with E-state index in [4.69, 9.17) is 16.7 Å². The highest BCUT2D eigenvalue weighted by Crippen LogP contribution is 2.28. The first kappa shape index (κ1) is 12.7. The first-order valence-electron chi connectivity index (χ1n) is 5.63. The summed E-state index contributed by atoms with van der Waals surface area (Å²) in [6.07, 6.45) is 0.488. The van der Waals surface area contributed by atoms with Gasteiger partial charge in [0, 0.05) is 19.5 Å². The van der Waals surface area contributed by atoms with Crippen molar-refractivity contribution in [2.24, 2.45) is 0 Å². The maximum atomic E-state index is 11.6. The van der Waals surface area contributed by atoms with Gasteiger partial charge in [-0.15, -0.1) is 0 Å². The van der Waals surface area contributed by atoms with Crippen molar-refractivity contribution in [3.05, 3.63) is 28.8 Å². The van der Waals surface area contributed by atoms with E-state index in [1.54, 1.807) is 23.1 Å². The number of hydrogen-bond acceptors (Lipinski definition) is 2. The summed E-state index contributed by atoms with van der Waals surface area (Å²) >= 11 is 6.07. The van der Waals surface area contributed by atoms with Crippen LogP contribution in [0.5, 0.6) is 0 Å². The normalized spacial score (nSPS) is 14.7. The Kier molecular flexibility index (Phi) is 3.72. The summed E-state index contributed by atoms with van der Waals surface area (Å²) < 4.78 is 0. The van der Waals surface area contributed by atoms with Crippen LogP contribution >= 0.6 is 11.6 Å². The number of rotatable bonds is 4. The number of halogens is 1. The number of carbonyl (C=O) groups is 2. The van der Waals surface area contributed by atoms with Crippen molar-refractivity contribution in [1.29, 1.82) is 0 Å². The molecule has 5 nitrogen and oxygen atoms in total. The van der Waals surface area contributed by atoms with Crippen molar-refractivity contribution < 1.29 is 14.7 Å². The van der Waals surface area contributed by atoms with Gasteiger partial charge in [0.1, 0.15) is 0 Å². The fourth-order valence-electron chi connectivity index (χ4n) is 1.87. The molecule has 1 fully saturated rings. The highest BCUT2D eigenvalue weighted by Gasteiger charge is 2.23. The molecule has 0 aliphatic carbocycles. The van der Waals surface area contributed by atoms with Crippen LogP contribution < -0.4 is 10.2 Å².